The van der Waals surface area contributed by atoms with Gasteiger partial charge >= 0.3 is 5.97 Å². The number of hydrogen-bond donors (Lipinski definition) is 2. The highest BCUT2D eigenvalue weighted by Crippen LogP contribution is 2.25. The van der Waals surface area contributed by atoms with Crippen molar-refractivity contribution in [2.75, 3.05) is 7.11 Å². The van der Waals surface area contributed by atoms with Crippen molar-refractivity contribution in [3.63, 3.8) is 0 Å². The van der Waals surface area contributed by atoms with Gasteiger partial charge in [-0.25, -0.2) is 13.6 Å². The van der Waals surface area contributed by atoms with Crippen molar-refractivity contribution in [2.24, 2.45) is 0 Å². The molecule has 0 saturated heterocycles. The quantitative estimate of drug-likeness (QED) is 0.770. The van der Waals surface area contributed by atoms with E-state index in [2.05, 4.69) is 5.32 Å². The van der Waals surface area contributed by atoms with E-state index in [0.717, 1.165) is 12.1 Å². The third kappa shape index (κ3) is 4.92. The van der Waals surface area contributed by atoms with Crippen molar-refractivity contribution in [1.29, 1.82) is 0 Å². The second-order valence-corrected chi connectivity index (χ2v) is 5.92. The lowest BCUT2D eigenvalue weighted by Gasteiger charge is -2.15. The van der Waals surface area contributed by atoms with Gasteiger partial charge in [-0.3, -0.25) is 4.79 Å². The summed E-state index contributed by atoms with van der Waals surface area (Å²) in [6.45, 7) is 0. The molecule has 0 aliphatic carbocycles. The Morgan fingerprint density at radius 1 is 1.23 bits per heavy atom. The van der Waals surface area contributed by atoms with Crippen molar-refractivity contribution < 1.29 is 28.2 Å². The second kappa shape index (κ2) is 8.62. The minimum Gasteiger partial charge on any atom is -0.495 e. The summed E-state index contributed by atoms with van der Waals surface area (Å²) in [6.07, 6.45) is -0.657. The van der Waals surface area contributed by atoms with Crippen LogP contribution in [0.4, 0.5) is 8.78 Å². The molecule has 0 bridgehead atoms. The minimum atomic E-state index is -1.28. The van der Waals surface area contributed by atoms with Gasteiger partial charge in [-0.05, 0) is 29.8 Å². The number of hydrogen-bond acceptors (Lipinski definition) is 3. The number of rotatable bonds is 7. The van der Waals surface area contributed by atoms with E-state index in [1.807, 2.05) is 0 Å². The van der Waals surface area contributed by atoms with E-state index in [-0.39, 0.29) is 6.42 Å². The number of carbonyl (C=O) groups excluding carboxylic acids is 1. The lowest BCUT2D eigenvalue weighted by Crippen LogP contribution is -2.43. The molecule has 2 aromatic rings. The Morgan fingerprint density at radius 3 is 2.42 bits per heavy atom. The normalized spacial score (nSPS) is 11.7. The summed E-state index contributed by atoms with van der Waals surface area (Å²) in [6, 6.07) is 6.68. The number of carbonyl (C=O) groups is 2. The van der Waals surface area contributed by atoms with Crippen LogP contribution in [0.15, 0.2) is 36.4 Å². The summed E-state index contributed by atoms with van der Waals surface area (Å²) in [5, 5.41) is 11.9. The molecule has 0 fully saturated rings. The van der Waals surface area contributed by atoms with Gasteiger partial charge in [0.25, 0.3) is 0 Å². The molecule has 2 rings (SSSR count). The van der Waals surface area contributed by atoms with E-state index in [0.29, 0.717) is 16.3 Å². The first kappa shape index (κ1) is 19.7. The summed E-state index contributed by atoms with van der Waals surface area (Å²) in [5.41, 5.74) is 0.141. The zero-order chi connectivity index (χ0) is 19.3. The Bertz CT molecular complexity index is 809. The number of carboxylic acids is 1. The third-order valence-electron chi connectivity index (χ3n) is 3.69. The van der Waals surface area contributed by atoms with Gasteiger partial charge in [0.2, 0.25) is 5.91 Å². The van der Waals surface area contributed by atoms with Crippen LogP contribution in [-0.2, 0) is 22.4 Å². The van der Waals surface area contributed by atoms with Gasteiger partial charge < -0.3 is 15.2 Å². The number of methoxy groups -OCH3 is 1. The third-order valence-corrected chi connectivity index (χ3v) is 3.98. The standard InChI is InChI=1S/C18H16ClF2NO4/c1-26-16-6-5-10(7-12(16)19)8-15(18(24)25)22-17(23)9-11-13(20)3-2-4-14(11)21/h2-7,15H,8-9H2,1H3,(H,22,23)(H,24,25)/t15-/m1/s1. The number of nitrogens with one attached hydrogen (secondary N) is 1. The molecular formula is C18H16ClF2NO4. The van der Waals surface area contributed by atoms with Crippen LogP contribution in [0.25, 0.3) is 0 Å². The van der Waals surface area contributed by atoms with Gasteiger partial charge in [-0.1, -0.05) is 23.7 Å². The van der Waals surface area contributed by atoms with Crippen LogP contribution in [-0.4, -0.2) is 30.1 Å². The molecule has 26 heavy (non-hydrogen) atoms. The van der Waals surface area contributed by atoms with E-state index in [9.17, 15) is 23.5 Å². The number of benzene rings is 2. The molecule has 2 aromatic carbocycles. The smallest absolute Gasteiger partial charge is 0.326 e. The van der Waals surface area contributed by atoms with Crippen LogP contribution >= 0.6 is 11.6 Å². The fraction of sp³-hybridized carbons (Fsp3) is 0.222. The SMILES string of the molecule is COc1ccc(C[C@@H](NC(=O)Cc2c(F)cccc2F)C(=O)O)cc1Cl. The average Bonchev–Trinajstić information content (AvgIpc) is 2.58. The summed E-state index contributed by atoms with van der Waals surface area (Å²) < 4.78 is 32.2. The number of carboxylic acid groups (broad SMARTS) is 1. The maximum absolute atomic E-state index is 13.6. The predicted molar refractivity (Wildman–Crippen MR) is 91.3 cm³/mol. The molecule has 0 saturated carbocycles. The van der Waals surface area contributed by atoms with Gasteiger partial charge in [-0.15, -0.1) is 0 Å². The van der Waals surface area contributed by atoms with Gasteiger partial charge in [-0.2, -0.15) is 0 Å². The second-order valence-electron chi connectivity index (χ2n) is 5.51. The van der Waals surface area contributed by atoms with Gasteiger partial charge in [0, 0.05) is 12.0 Å². The molecule has 0 aromatic heterocycles. The highest BCUT2D eigenvalue weighted by Gasteiger charge is 2.22. The van der Waals surface area contributed by atoms with E-state index in [1.165, 1.54) is 19.2 Å². The number of ether oxygens (including phenoxy) is 1. The molecule has 0 radical (unpaired) electrons. The van der Waals surface area contributed by atoms with E-state index < -0.39 is 41.5 Å². The van der Waals surface area contributed by atoms with Crippen LogP contribution in [0, 0.1) is 11.6 Å². The highest BCUT2D eigenvalue weighted by molar-refractivity contribution is 6.32. The molecule has 0 aliphatic heterocycles. The molecule has 2 N–H and O–H groups in total. The molecule has 8 heteroatoms. The molecule has 0 heterocycles. The minimum absolute atomic E-state index is 0.0511. The van der Waals surface area contributed by atoms with E-state index >= 15 is 0 Å². The maximum Gasteiger partial charge on any atom is 0.326 e. The summed E-state index contributed by atoms with van der Waals surface area (Å²) >= 11 is 6.00. The molecule has 1 amide bonds. The molecule has 5 nitrogen and oxygen atoms in total. The van der Waals surface area contributed by atoms with Crippen molar-refractivity contribution >= 4 is 23.5 Å². The van der Waals surface area contributed by atoms with Crippen molar-refractivity contribution in [1.82, 2.24) is 5.32 Å². The first-order valence-corrected chi connectivity index (χ1v) is 7.97. The lowest BCUT2D eigenvalue weighted by atomic mass is 10.0. The highest BCUT2D eigenvalue weighted by atomic mass is 35.5. The molecule has 1 atom stereocenters. The molecule has 0 aliphatic rings. The van der Waals surface area contributed by atoms with Crippen LogP contribution in [0.3, 0.4) is 0 Å². The molecular weight excluding hydrogens is 368 g/mol. The van der Waals surface area contributed by atoms with E-state index in [1.54, 1.807) is 12.1 Å². The first-order valence-electron chi connectivity index (χ1n) is 7.59. The number of amides is 1. The fourth-order valence-electron chi connectivity index (χ4n) is 2.38. The molecule has 0 spiro atoms. The summed E-state index contributed by atoms with van der Waals surface area (Å²) in [5.74, 6) is -3.38. The van der Waals surface area contributed by atoms with Crippen LogP contribution in [0.1, 0.15) is 11.1 Å². The summed E-state index contributed by atoms with van der Waals surface area (Å²) in [4.78, 5) is 23.4. The average molecular weight is 384 g/mol. The number of halogens is 3. The maximum atomic E-state index is 13.6. The predicted octanol–water partition coefficient (Wildman–Crippen LogP) is 2.98. The zero-order valence-electron chi connectivity index (χ0n) is 13.8. The van der Waals surface area contributed by atoms with Gasteiger partial charge in [0.1, 0.15) is 23.4 Å². The van der Waals surface area contributed by atoms with Crippen molar-refractivity contribution in [3.05, 3.63) is 64.2 Å². The van der Waals surface area contributed by atoms with Crippen LogP contribution in [0.2, 0.25) is 5.02 Å². The van der Waals surface area contributed by atoms with Gasteiger partial charge in [0.05, 0.1) is 18.6 Å². The van der Waals surface area contributed by atoms with Crippen LogP contribution < -0.4 is 10.1 Å². The fourth-order valence-corrected chi connectivity index (χ4v) is 2.66. The Morgan fingerprint density at radius 2 is 1.88 bits per heavy atom. The largest absolute Gasteiger partial charge is 0.495 e. The van der Waals surface area contributed by atoms with Crippen LogP contribution in [0.5, 0.6) is 5.75 Å². The molecule has 0 unspecified atom stereocenters. The monoisotopic (exact) mass is 383 g/mol. The Labute approximate surface area is 153 Å². The Balaban J connectivity index is 2.09. The molecule has 138 valence electrons. The van der Waals surface area contributed by atoms with Crippen molar-refractivity contribution in [3.8, 4) is 5.75 Å². The summed E-state index contributed by atoms with van der Waals surface area (Å²) in [7, 11) is 1.45. The number of aliphatic carboxylic acids is 1. The zero-order valence-corrected chi connectivity index (χ0v) is 14.5. The Kier molecular flexibility index (Phi) is 6.52. The van der Waals surface area contributed by atoms with Gasteiger partial charge in [0.15, 0.2) is 0 Å². The Hall–Kier alpha value is -2.67. The topological polar surface area (TPSA) is 75.6 Å². The van der Waals surface area contributed by atoms with Crippen molar-refractivity contribution in [2.45, 2.75) is 18.9 Å². The lowest BCUT2D eigenvalue weighted by molar-refractivity contribution is -0.141. The first-order chi connectivity index (χ1) is 12.3. The van der Waals surface area contributed by atoms with E-state index in [4.69, 9.17) is 16.3 Å².